The minimum Gasteiger partial charge on any atom is -0.495 e. The molecule has 4 nitrogen and oxygen atoms in total. The van der Waals surface area contributed by atoms with Gasteiger partial charge >= 0.3 is 0 Å². The average Bonchev–Trinajstić information content (AvgIpc) is 2.45. The van der Waals surface area contributed by atoms with Gasteiger partial charge in [-0.25, -0.2) is 4.98 Å². The highest BCUT2D eigenvalue weighted by molar-refractivity contribution is 5.56. The highest BCUT2D eigenvalue weighted by atomic mass is 16.5. The van der Waals surface area contributed by atoms with Gasteiger partial charge in [-0.05, 0) is 18.2 Å². The van der Waals surface area contributed by atoms with Crippen LogP contribution in [0.1, 0.15) is 5.56 Å². The number of hydrogen-bond acceptors (Lipinski definition) is 4. The van der Waals surface area contributed by atoms with Crippen molar-refractivity contribution in [3.63, 3.8) is 0 Å². The lowest BCUT2D eigenvalue weighted by Gasteiger charge is -2.12. The molecule has 0 amide bonds. The van der Waals surface area contributed by atoms with Crippen molar-refractivity contribution in [1.29, 1.82) is 0 Å². The zero-order valence-corrected chi connectivity index (χ0v) is 10.5. The number of rotatable bonds is 5. The van der Waals surface area contributed by atoms with Crippen LogP contribution in [0.2, 0.25) is 0 Å². The number of hydrogen-bond donors (Lipinski definition) is 1. The van der Waals surface area contributed by atoms with Crippen LogP contribution < -0.4 is 14.8 Å². The third kappa shape index (κ3) is 2.71. The highest BCUT2D eigenvalue weighted by Crippen LogP contribution is 2.24. The summed E-state index contributed by atoms with van der Waals surface area (Å²) in [7, 11) is 3.28. The summed E-state index contributed by atoms with van der Waals surface area (Å²) in [5.74, 6) is 1.46. The monoisotopic (exact) mass is 244 g/mol. The van der Waals surface area contributed by atoms with Crippen molar-refractivity contribution in [3.05, 3.63) is 48.2 Å². The van der Waals surface area contributed by atoms with Gasteiger partial charge in [-0.3, -0.25) is 0 Å². The Bertz CT molecular complexity index is 467. The van der Waals surface area contributed by atoms with Gasteiger partial charge < -0.3 is 14.8 Å². The fourth-order valence-electron chi connectivity index (χ4n) is 1.72. The van der Waals surface area contributed by atoms with E-state index >= 15 is 0 Å². The van der Waals surface area contributed by atoms with Gasteiger partial charge in [0.15, 0.2) is 0 Å². The Balaban J connectivity index is 2.11. The van der Waals surface area contributed by atoms with Crippen LogP contribution >= 0.6 is 0 Å². The van der Waals surface area contributed by atoms with E-state index in [1.165, 1.54) is 0 Å². The first-order valence-electron chi connectivity index (χ1n) is 5.70. The van der Waals surface area contributed by atoms with Gasteiger partial charge in [0.05, 0.1) is 19.9 Å². The van der Waals surface area contributed by atoms with E-state index < -0.39 is 0 Å². The number of nitrogens with one attached hydrogen (secondary N) is 1. The number of methoxy groups -OCH3 is 2. The molecule has 94 valence electrons. The van der Waals surface area contributed by atoms with Crippen molar-refractivity contribution in [2.24, 2.45) is 0 Å². The summed E-state index contributed by atoms with van der Waals surface area (Å²) in [5.41, 5.74) is 1.96. The van der Waals surface area contributed by atoms with E-state index in [0.717, 1.165) is 17.0 Å². The predicted octanol–water partition coefficient (Wildman–Crippen LogP) is 2.71. The Morgan fingerprint density at radius 1 is 1.06 bits per heavy atom. The van der Waals surface area contributed by atoms with Crippen molar-refractivity contribution in [2.75, 3.05) is 19.5 Å². The van der Waals surface area contributed by atoms with E-state index in [9.17, 15) is 0 Å². The quantitative estimate of drug-likeness (QED) is 0.878. The van der Waals surface area contributed by atoms with Crippen molar-refractivity contribution in [1.82, 2.24) is 4.98 Å². The number of para-hydroxylation sites is 2. The van der Waals surface area contributed by atoms with Gasteiger partial charge in [0.2, 0.25) is 5.88 Å². The summed E-state index contributed by atoms with van der Waals surface area (Å²) >= 11 is 0. The number of benzene rings is 1. The summed E-state index contributed by atoms with van der Waals surface area (Å²) in [5, 5.41) is 3.31. The van der Waals surface area contributed by atoms with Crippen molar-refractivity contribution in [3.8, 4) is 11.6 Å². The maximum Gasteiger partial charge on any atom is 0.218 e. The summed E-state index contributed by atoms with van der Waals surface area (Å²) in [6.07, 6.45) is 1.71. The lowest BCUT2D eigenvalue weighted by Crippen LogP contribution is -2.03. The molecule has 2 rings (SSSR count). The van der Waals surface area contributed by atoms with Gasteiger partial charge in [0, 0.05) is 18.3 Å². The molecular formula is C14H16N2O2. The number of aromatic nitrogens is 1. The maximum atomic E-state index is 5.28. The Morgan fingerprint density at radius 2 is 1.89 bits per heavy atom. The van der Waals surface area contributed by atoms with Gasteiger partial charge in [-0.2, -0.15) is 0 Å². The molecule has 1 heterocycles. The molecular weight excluding hydrogens is 228 g/mol. The summed E-state index contributed by atoms with van der Waals surface area (Å²) in [6, 6.07) is 11.7. The molecule has 1 N–H and O–H groups in total. The lowest BCUT2D eigenvalue weighted by molar-refractivity contribution is 0.393. The van der Waals surface area contributed by atoms with Crippen LogP contribution in [0.3, 0.4) is 0 Å². The molecule has 0 aliphatic heterocycles. The van der Waals surface area contributed by atoms with Crippen molar-refractivity contribution in [2.45, 2.75) is 6.54 Å². The van der Waals surface area contributed by atoms with Crippen LogP contribution in [0.4, 0.5) is 5.69 Å². The minimum atomic E-state index is 0.636. The first-order chi connectivity index (χ1) is 8.85. The molecule has 0 aliphatic rings. The van der Waals surface area contributed by atoms with E-state index in [2.05, 4.69) is 10.3 Å². The third-order valence-corrected chi connectivity index (χ3v) is 2.62. The van der Waals surface area contributed by atoms with Crippen LogP contribution in [0, 0.1) is 0 Å². The van der Waals surface area contributed by atoms with E-state index in [-0.39, 0.29) is 0 Å². The first kappa shape index (κ1) is 12.2. The Kier molecular flexibility index (Phi) is 4.02. The van der Waals surface area contributed by atoms with Gasteiger partial charge in [0.25, 0.3) is 0 Å². The normalized spacial score (nSPS) is 9.89. The van der Waals surface area contributed by atoms with Crippen LogP contribution in [-0.2, 0) is 6.54 Å². The molecule has 1 aromatic heterocycles. The summed E-state index contributed by atoms with van der Waals surface area (Å²) < 4.78 is 10.5. The molecule has 0 radical (unpaired) electrons. The molecule has 2 aromatic rings. The number of pyridine rings is 1. The van der Waals surface area contributed by atoms with Gasteiger partial charge in [-0.15, -0.1) is 0 Å². The molecule has 4 heteroatoms. The minimum absolute atomic E-state index is 0.636. The number of anilines is 1. The molecule has 0 bridgehead atoms. The maximum absolute atomic E-state index is 5.28. The first-order valence-corrected chi connectivity index (χ1v) is 5.70. The SMILES string of the molecule is COc1ccccc1NCc1cccnc1OC. The molecule has 0 unspecified atom stereocenters. The fraction of sp³-hybridized carbons (Fsp3) is 0.214. The van der Waals surface area contributed by atoms with Crippen molar-refractivity contribution >= 4 is 5.69 Å². The van der Waals surface area contributed by atoms with Gasteiger partial charge in [-0.1, -0.05) is 18.2 Å². The molecule has 0 atom stereocenters. The largest absolute Gasteiger partial charge is 0.495 e. The molecule has 0 saturated heterocycles. The topological polar surface area (TPSA) is 43.4 Å². The second kappa shape index (κ2) is 5.91. The van der Waals surface area contributed by atoms with E-state index in [4.69, 9.17) is 9.47 Å². The van der Waals surface area contributed by atoms with E-state index in [1.54, 1.807) is 20.4 Å². The smallest absolute Gasteiger partial charge is 0.218 e. The summed E-state index contributed by atoms with van der Waals surface area (Å²) in [6.45, 7) is 0.636. The Morgan fingerprint density at radius 3 is 2.67 bits per heavy atom. The summed E-state index contributed by atoms with van der Waals surface area (Å²) in [4.78, 5) is 4.16. The molecule has 1 aromatic carbocycles. The third-order valence-electron chi connectivity index (χ3n) is 2.62. The fourth-order valence-corrected chi connectivity index (χ4v) is 1.72. The second-order valence-corrected chi connectivity index (χ2v) is 3.73. The lowest BCUT2D eigenvalue weighted by atomic mass is 10.2. The Hall–Kier alpha value is -2.23. The highest BCUT2D eigenvalue weighted by Gasteiger charge is 2.05. The van der Waals surface area contributed by atoms with E-state index in [1.807, 2.05) is 36.4 Å². The zero-order valence-electron chi connectivity index (χ0n) is 10.5. The zero-order chi connectivity index (χ0) is 12.8. The Labute approximate surface area is 107 Å². The average molecular weight is 244 g/mol. The second-order valence-electron chi connectivity index (χ2n) is 3.73. The molecule has 0 spiro atoms. The molecule has 0 fully saturated rings. The van der Waals surface area contributed by atoms with Crippen molar-refractivity contribution < 1.29 is 9.47 Å². The molecule has 0 saturated carbocycles. The molecule has 18 heavy (non-hydrogen) atoms. The van der Waals surface area contributed by atoms with Crippen LogP contribution in [0.5, 0.6) is 11.6 Å². The standard InChI is InChI=1S/C14H16N2O2/c1-17-13-8-4-3-7-12(13)16-10-11-6-5-9-15-14(11)18-2/h3-9,16H,10H2,1-2H3. The van der Waals surface area contributed by atoms with Crippen LogP contribution in [-0.4, -0.2) is 19.2 Å². The number of nitrogens with zero attached hydrogens (tertiary/aromatic N) is 1. The van der Waals surface area contributed by atoms with E-state index in [0.29, 0.717) is 12.4 Å². The van der Waals surface area contributed by atoms with Crippen LogP contribution in [0.15, 0.2) is 42.6 Å². The number of ether oxygens (including phenoxy) is 2. The molecule has 0 aliphatic carbocycles. The van der Waals surface area contributed by atoms with Gasteiger partial charge in [0.1, 0.15) is 5.75 Å². The van der Waals surface area contributed by atoms with Crippen LogP contribution in [0.25, 0.3) is 0 Å². The predicted molar refractivity (Wildman–Crippen MR) is 71.1 cm³/mol.